The Morgan fingerprint density at radius 1 is 1.05 bits per heavy atom. The van der Waals surface area contributed by atoms with Gasteiger partial charge in [0.2, 0.25) is 0 Å². The number of carbonyl (C=O) groups excluding carboxylic acids is 1. The van der Waals surface area contributed by atoms with Crippen molar-refractivity contribution in [1.82, 2.24) is 5.32 Å². The van der Waals surface area contributed by atoms with Crippen LogP contribution in [-0.4, -0.2) is 12.6 Å². The highest BCUT2D eigenvalue weighted by Crippen LogP contribution is 2.15. The fourth-order valence-electron chi connectivity index (χ4n) is 1.86. The zero-order chi connectivity index (χ0) is 15.1. The summed E-state index contributed by atoms with van der Waals surface area (Å²) in [6.45, 7) is 3.75. The molecular formula is C16H18ClN3O. The first kappa shape index (κ1) is 15.4. The molecule has 0 bridgehead atoms. The van der Waals surface area contributed by atoms with E-state index in [4.69, 9.17) is 11.6 Å². The van der Waals surface area contributed by atoms with Crippen molar-refractivity contribution in [3.63, 3.8) is 0 Å². The first-order valence-corrected chi connectivity index (χ1v) is 7.18. The van der Waals surface area contributed by atoms with E-state index in [-0.39, 0.29) is 6.03 Å². The van der Waals surface area contributed by atoms with Crippen LogP contribution in [0, 0.1) is 0 Å². The SMILES string of the molecule is CCNCc1cccc(NC(=O)Nc2ccc(Cl)cc2)c1. The number of rotatable bonds is 5. The number of hydrogen-bond donors (Lipinski definition) is 3. The van der Waals surface area contributed by atoms with E-state index in [1.165, 1.54) is 0 Å². The Balaban J connectivity index is 1.94. The van der Waals surface area contributed by atoms with Crippen LogP contribution in [0.1, 0.15) is 12.5 Å². The Morgan fingerprint density at radius 2 is 1.76 bits per heavy atom. The number of urea groups is 1. The van der Waals surface area contributed by atoms with Gasteiger partial charge in [-0.1, -0.05) is 30.7 Å². The average molecular weight is 304 g/mol. The standard InChI is InChI=1S/C16H18ClN3O/c1-2-18-11-12-4-3-5-15(10-12)20-16(21)19-14-8-6-13(17)7-9-14/h3-10,18H,2,11H2,1H3,(H2,19,20,21). The van der Waals surface area contributed by atoms with Gasteiger partial charge in [0, 0.05) is 22.9 Å². The fraction of sp³-hybridized carbons (Fsp3) is 0.188. The van der Waals surface area contributed by atoms with Gasteiger partial charge in [-0.05, 0) is 48.5 Å². The van der Waals surface area contributed by atoms with Crippen molar-refractivity contribution in [1.29, 1.82) is 0 Å². The van der Waals surface area contributed by atoms with Crippen LogP contribution in [0.25, 0.3) is 0 Å². The molecule has 0 aromatic heterocycles. The lowest BCUT2D eigenvalue weighted by Crippen LogP contribution is -2.19. The highest BCUT2D eigenvalue weighted by Gasteiger charge is 2.03. The summed E-state index contributed by atoms with van der Waals surface area (Å²) in [5, 5.41) is 9.45. The summed E-state index contributed by atoms with van der Waals surface area (Å²) in [5.74, 6) is 0. The van der Waals surface area contributed by atoms with Crippen molar-refractivity contribution in [2.24, 2.45) is 0 Å². The predicted molar refractivity (Wildman–Crippen MR) is 87.9 cm³/mol. The molecular weight excluding hydrogens is 286 g/mol. The molecule has 2 aromatic rings. The Kier molecular flexibility index (Phi) is 5.60. The summed E-state index contributed by atoms with van der Waals surface area (Å²) in [5.41, 5.74) is 2.58. The molecule has 2 amide bonds. The fourth-order valence-corrected chi connectivity index (χ4v) is 1.98. The van der Waals surface area contributed by atoms with E-state index in [0.29, 0.717) is 10.7 Å². The van der Waals surface area contributed by atoms with Gasteiger partial charge in [-0.25, -0.2) is 4.79 Å². The van der Waals surface area contributed by atoms with Gasteiger partial charge in [0.1, 0.15) is 0 Å². The molecule has 0 saturated carbocycles. The second-order valence-electron chi connectivity index (χ2n) is 4.57. The Hall–Kier alpha value is -2.04. The molecule has 21 heavy (non-hydrogen) atoms. The largest absolute Gasteiger partial charge is 0.323 e. The second-order valence-corrected chi connectivity index (χ2v) is 5.00. The Bertz CT molecular complexity index is 599. The maximum absolute atomic E-state index is 11.9. The molecule has 3 N–H and O–H groups in total. The van der Waals surface area contributed by atoms with E-state index in [9.17, 15) is 4.79 Å². The van der Waals surface area contributed by atoms with E-state index in [1.807, 2.05) is 24.3 Å². The van der Waals surface area contributed by atoms with E-state index >= 15 is 0 Å². The number of halogens is 1. The van der Waals surface area contributed by atoms with Crippen molar-refractivity contribution in [2.45, 2.75) is 13.5 Å². The molecule has 0 unspecified atom stereocenters. The van der Waals surface area contributed by atoms with Crippen LogP contribution < -0.4 is 16.0 Å². The molecule has 5 heteroatoms. The van der Waals surface area contributed by atoms with Gasteiger partial charge in [-0.3, -0.25) is 0 Å². The van der Waals surface area contributed by atoms with Gasteiger partial charge in [0.05, 0.1) is 0 Å². The quantitative estimate of drug-likeness (QED) is 0.779. The first-order chi connectivity index (χ1) is 10.2. The van der Waals surface area contributed by atoms with Crippen molar-refractivity contribution in [3.8, 4) is 0 Å². The zero-order valence-electron chi connectivity index (χ0n) is 11.8. The molecule has 0 spiro atoms. The number of benzene rings is 2. The zero-order valence-corrected chi connectivity index (χ0v) is 12.6. The van der Waals surface area contributed by atoms with Gasteiger partial charge in [-0.2, -0.15) is 0 Å². The minimum atomic E-state index is -0.280. The maximum Gasteiger partial charge on any atom is 0.323 e. The van der Waals surface area contributed by atoms with E-state index in [1.54, 1.807) is 24.3 Å². The molecule has 0 fully saturated rings. The molecule has 110 valence electrons. The maximum atomic E-state index is 11.9. The highest BCUT2D eigenvalue weighted by atomic mass is 35.5. The lowest BCUT2D eigenvalue weighted by molar-refractivity contribution is 0.262. The van der Waals surface area contributed by atoms with E-state index in [2.05, 4.69) is 22.9 Å². The third-order valence-electron chi connectivity index (χ3n) is 2.87. The first-order valence-electron chi connectivity index (χ1n) is 6.80. The predicted octanol–water partition coefficient (Wildman–Crippen LogP) is 4.09. The molecule has 0 aliphatic heterocycles. The van der Waals surface area contributed by atoms with Crippen LogP contribution in [-0.2, 0) is 6.54 Å². The molecule has 2 rings (SSSR count). The summed E-state index contributed by atoms with van der Waals surface area (Å²) >= 11 is 5.80. The molecule has 4 nitrogen and oxygen atoms in total. The van der Waals surface area contributed by atoms with Crippen LogP contribution in [0.4, 0.5) is 16.2 Å². The molecule has 0 atom stereocenters. The van der Waals surface area contributed by atoms with Crippen molar-refractivity contribution >= 4 is 29.0 Å². The normalized spacial score (nSPS) is 10.2. The van der Waals surface area contributed by atoms with Crippen molar-refractivity contribution in [2.75, 3.05) is 17.2 Å². The third-order valence-corrected chi connectivity index (χ3v) is 3.12. The van der Waals surface area contributed by atoms with E-state index in [0.717, 1.165) is 24.3 Å². The number of carbonyl (C=O) groups is 1. The molecule has 0 radical (unpaired) electrons. The van der Waals surface area contributed by atoms with Crippen LogP contribution in [0.15, 0.2) is 48.5 Å². The molecule has 0 aliphatic rings. The van der Waals surface area contributed by atoms with Crippen LogP contribution >= 0.6 is 11.6 Å². The third kappa shape index (κ3) is 5.10. The minimum absolute atomic E-state index is 0.280. The summed E-state index contributed by atoms with van der Waals surface area (Å²) < 4.78 is 0. The topological polar surface area (TPSA) is 53.2 Å². The Labute approximate surface area is 129 Å². The van der Waals surface area contributed by atoms with Crippen LogP contribution in [0.3, 0.4) is 0 Å². The average Bonchev–Trinajstić information content (AvgIpc) is 2.48. The summed E-state index contributed by atoms with van der Waals surface area (Å²) in [6.07, 6.45) is 0. The Morgan fingerprint density at radius 3 is 2.48 bits per heavy atom. The lowest BCUT2D eigenvalue weighted by Gasteiger charge is -2.09. The number of nitrogens with one attached hydrogen (secondary N) is 3. The summed E-state index contributed by atoms with van der Waals surface area (Å²) in [4.78, 5) is 11.9. The van der Waals surface area contributed by atoms with Gasteiger partial charge >= 0.3 is 6.03 Å². The highest BCUT2D eigenvalue weighted by molar-refractivity contribution is 6.30. The number of hydrogen-bond acceptors (Lipinski definition) is 2. The molecule has 2 aromatic carbocycles. The van der Waals surface area contributed by atoms with Crippen molar-refractivity contribution < 1.29 is 4.79 Å². The van der Waals surface area contributed by atoms with Gasteiger partial charge < -0.3 is 16.0 Å². The van der Waals surface area contributed by atoms with Crippen LogP contribution in [0.2, 0.25) is 5.02 Å². The van der Waals surface area contributed by atoms with Gasteiger partial charge in [0.25, 0.3) is 0 Å². The minimum Gasteiger partial charge on any atom is -0.313 e. The second kappa shape index (κ2) is 7.67. The number of amides is 2. The van der Waals surface area contributed by atoms with Gasteiger partial charge in [0.15, 0.2) is 0 Å². The summed E-state index contributed by atoms with van der Waals surface area (Å²) in [7, 11) is 0. The van der Waals surface area contributed by atoms with Gasteiger partial charge in [-0.15, -0.1) is 0 Å². The number of anilines is 2. The van der Waals surface area contributed by atoms with Crippen molar-refractivity contribution in [3.05, 3.63) is 59.1 Å². The monoisotopic (exact) mass is 303 g/mol. The van der Waals surface area contributed by atoms with E-state index < -0.39 is 0 Å². The smallest absolute Gasteiger partial charge is 0.313 e. The molecule has 0 aliphatic carbocycles. The molecule has 0 heterocycles. The lowest BCUT2D eigenvalue weighted by atomic mass is 10.2. The molecule has 0 saturated heterocycles. The van der Waals surface area contributed by atoms with Crippen LogP contribution in [0.5, 0.6) is 0 Å². The summed E-state index contributed by atoms with van der Waals surface area (Å²) in [6, 6.07) is 14.4.